The molecule has 4 N–H and O–H groups in total. The molecule has 0 bridgehead atoms. The number of cyclic esters (lactones) is 1. The SMILES string of the molecule is NC1CSSCC(N)C(=O)OC2(C(=O)CCC(=O)COC1=O)C(=O)CCC2=O. The maximum absolute atomic E-state index is 12.6. The van der Waals surface area contributed by atoms with Crippen LogP contribution in [0, 0.1) is 0 Å². The second kappa shape index (κ2) is 9.63. The van der Waals surface area contributed by atoms with Gasteiger partial charge in [0.2, 0.25) is 0 Å². The normalized spacial score (nSPS) is 28.4. The van der Waals surface area contributed by atoms with Gasteiger partial charge < -0.3 is 20.9 Å². The van der Waals surface area contributed by atoms with Gasteiger partial charge in [0.05, 0.1) is 0 Å². The fraction of sp³-hybridized carbons (Fsp3) is 0.625. The predicted molar refractivity (Wildman–Crippen MR) is 99.1 cm³/mol. The van der Waals surface area contributed by atoms with E-state index in [1.807, 2.05) is 0 Å². The minimum atomic E-state index is -2.54. The molecular weight excluding hydrogens is 412 g/mol. The van der Waals surface area contributed by atoms with Crippen LogP contribution in [0.4, 0.5) is 0 Å². The molecule has 1 heterocycles. The first-order chi connectivity index (χ1) is 13.2. The van der Waals surface area contributed by atoms with Crippen molar-refractivity contribution in [1.82, 2.24) is 0 Å². The first-order valence-corrected chi connectivity index (χ1v) is 10.9. The smallest absolute Gasteiger partial charge is 0.325 e. The van der Waals surface area contributed by atoms with Crippen molar-refractivity contribution in [3.63, 3.8) is 0 Å². The Morgan fingerprint density at radius 3 is 1.75 bits per heavy atom. The number of esters is 2. The van der Waals surface area contributed by atoms with Crippen molar-refractivity contribution in [3.05, 3.63) is 0 Å². The molecule has 1 spiro atoms. The second-order valence-corrected chi connectivity index (χ2v) is 8.85. The maximum Gasteiger partial charge on any atom is 0.325 e. The molecule has 1 aliphatic carbocycles. The van der Waals surface area contributed by atoms with Crippen LogP contribution in [0.15, 0.2) is 0 Å². The van der Waals surface area contributed by atoms with E-state index in [2.05, 4.69) is 0 Å². The Kier molecular flexibility index (Phi) is 7.75. The number of nitrogens with two attached hydrogens (primary N) is 2. The quantitative estimate of drug-likeness (QED) is 0.264. The third-order valence-electron chi connectivity index (χ3n) is 4.20. The summed E-state index contributed by atoms with van der Waals surface area (Å²) in [4.78, 5) is 73.1. The standard InChI is InChI=1S/C16H20N2O8S2/c17-9-6-27-28-7-10(18)15(24)26-16(12(21)3-4-13(16)22)11(20)2-1-8(19)5-25-14(9)23/h9-10H,1-7,17-18H2. The fourth-order valence-electron chi connectivity index (χ4n) is 2.58. The Hall–Kier alpha value is -1.76. The summed E-state index contributed by atoms with van der Waals surface area (Å²) in [5.41, 5.74) is 8.85. The number of hydrogen-bond acceptors (Lipinski definition) is 12. The number of carbonyl (C=O) groups excluding carboxylic acids is 6. The zero-order valence-electron chi connectivity index (χ0n) is 14.8. The van der Waals surface area contributed by atoms with Crippen molar-refractivity contribution in [2.45, 2.75) is 43.4 Å². The third kappa shape index (κ3) is 4.99. The van der Waals surface area contributed by atoms with Crippen molar-refractivity contribution in [2.75, 3.05) is 18.1 Å². The van der Waals surface area contributed by atoms with Crippen LogP contribution in [0.25, 0.3) is 0 Å². The molecule has 0 aromatic rings. The van der Waals surface area contributed by atoms with Gasteiger partial charge in [-0.3, -0.25) is 28.8 Å². The van der Waals surface area contributed by atoms with Crippen molar-refractivity contribution in [2.24, 2.45) is 11.5 Å². The largest absolute Gasteiger partial charge is 0.457 e. The minimum absolute atomic E-state index is 0.0381. The molecule has 12 heteroatoms. The van der Waals surface area contributed by atoms with Gasteiger partial charge in [-0.1, -0.05) is 21.6 Å². The van der Waals surface area contributed by atoms with Crippen molar-refractivity contribution < 1.29 is 38.2 Å². The van der Waals surface area contributed by atoms with Gasteiger partial charge in [-0.25, -0.2) is 0 Å². The molecule has 1 aliphatic heterocycles. The molecule has 28 heavy (non-hydrogen) atoms. The van der Waals surface area contributed by atoms with Crippen LogP contribution in [0.3, 0.4) is 0 Å². The van der Waals surface area contributed by atoms with Gasteiger partial charge in [-0.15, -0.1) is 0 Å². The van der Waals surface area contributed by atoms with Gasteiger partial charge in [0.25, 0.3) is 5.60 Å². The number of carbonyl (C=O) groups is 6. The highest BCUT2D eigenvalue weighted by molar-refractivity contribution is 8.76. The van der Waals surface area contributed by atoms with Gasteiger partial charge in [0, 0.05) is 37.2 Å². The lowest BCUT2D eigenvalue weighted by Gasteiger charge is -2.26. The summed E-state index contributed by atoms with van der Waals surface area (Å²) in [7, 11) is 2.27. The molecule has 2 atom stereocenters. The molecule has 1 saturated heterocycles. The molecule has 2 fully saturated rings. The second-order valence-electron chi connectivity index (χ2n) is 6.30. The number of hydrogen-bond donors (Lipinski definition) is 2. The van der Waals surface area contributed by atoms with E-state index in [9.17, 15) is 28.8 Å². The average Bonchev–Trinajstić information content (AvgIpc) is 2.95. The highest BCUT2D eigenvalue weighted by Crippen LogP contribution is 2.31. The van der Waals surface area contributed by atoms with E-state index in [-0.39, 0.29) is 24.3 Å². The Morgan fingerprint density at radius 1 is 0.750 bits per heavy atom. The van der Waals surface area contributed by atoms with Gasteiger partial charge in [-0.2, -0.15) is 0 Å². The van der Waals surface area contributed by atoms with E-state index in [1.165, 1.54) is 0 Å². The Labute approximate surface area is 168 Å². The summed E-state index contributed by atoms with van der Waals surface area (Å²) < 4.78 is 9.87. The number of Topliss-reactive ketones (excluding diaryl/α,β-unsaturated/α-hetero) is 4. The van der Waals surface area contributed by atoms with E-state index in [0.717, 1.165) is 21.6 Å². The van der Waals surface area contributed by atoms with Crippen LogP contribution in [-0.4, -0.2) is 70.9 Å². The number of ether oxygens (including phenoxy) is 2. The molecule has 0 amide bonds. The fourth-order valence-corrected chi connectivity index (χ4v) is 4.80. The summed E-state index contributed by atoms with van der Waals surface area (Å²) in [6.45, 7) is -0.586. The van der Waals surface area contributed by atoms with Crippen LogP contribution in [0.1, 0.15) is 25.7 Å². The zero-order valence-corrected chi connectivity index (χ0v) is 16.5. The highest BCUT2D eigenvalue weighted by atomic mass is 33.1. The van der Waals surface area contributed by atoms with Crippen LogP contribution in [0.5, 0.6) is 0 Å². The van der Waals surface area contributed by atoms with Crippen molar-refractivity contribution in [3.8, 4) is 0 Å². The Bertz CT molecular complexity index is 695. The molecular formula is C16H20N2O8S2. The lowest BCUT2D eigenvalue weighted by atomic mass is 9.90. The number of ketones is 4. The molecule has 0 aromatic heterocycles. The van der Waals surface area contributed by atoms with Crippen LogP contribution in [-0.2, 0) is 38.2 Å². The van der Waals surface area contributed by atoms with E-state index in [0.29, 0.717) is 0 Å². The highest BCUT2D eigenvalue weighted by Gasteiger charge is 2.58. The maximum atomic E-state index is 12.6. The van der Waals surface area contributed by atoms with Gasteiger partial charge >= 0.3 is 11.9 Å². The topological polar surface area (TPSA) is 173 Å². The Morgan fingerprint density at radius 2 is 1.21 bits per heavy atom. The Balaban J connectivity index is 2.23. The van der Waals surface area contributed by atoms with Crippen LogP contribution >= 0.6 is 21.6 Å². The van der Waals surface area contributed by atoms with E-state index >= 15 is 0 Å². The van der Waals surface area contributed by atoms with Crippen molar-refractivity contribution >= 4 is 56.7 Å². The summed E-state index contributed by atoms with van der Waals surface area (Å²) in [6.07, 6.45) is -1.38. The zero-order chi connectivity index (χ0) is 20.9. The summed E-state index contributed by atoms with van der Waals surface area (Å²) >= 11 is 0. The third-order valence-corrected chi connectivity index (χ3v) is 6.67. The van der Waals surface area contributed by atoms with E-state index < -0.39 is 72.2 Å². The molecule has 10 nitrogen and oxygen atoms in total. The van der Waals surface area contributed by atoms with Gasteiger partial charge in [0.15, 0.2) is 23.1 Å². The van der Waals surface area contributed by atoms with Crippen molar-refractivity contribution in [1.29, 1.82) is 0 Å². The number of rotatable bonds is 0. The van der Waals surface area contributed by atoms with Gasteiger partial charge in [0.1, 0.15) is 18.7 Å². The van der Waals surface area contributed by atoms with Crippen LogP contribution in [0.2, 0.25) is 0 Å². The molecule has 0 radical (unpaired) electrons. The summed E-state index contributed by atoms with van der Waals surface area (Å²) in [5, 5.41) is 0. The summed E-state index contributed by atoms with van der Waals surface area (Å²) in [5.74, 6) is -4.87. The molecule has 154 valence electrons. The molecule has 2 unspecified atom stereocenters. The molecule has 1 saturated carbocycles. The molecule has 0 aromatic carbocycles. The molecule has 2 aliphatic rings. The lowest BCUT2D eigenvalue weighted by molar-refractivity contribution is -0.175. The minimum Gasteiger partial charge on any atom is -0.457 e. The van der Waals surface area contributed by atoms with Gasteiger partial charge in [-0.05, 0) is 0 Å². The van der Waals surface area contributed by atoms with Crippen LogP contribution < -0.4 is 11.5 Å². The van der Waals surface area contributed by atoms with E-state index in [1.54, 1.807) is 0 Å². The van der Waals surface area contributed by atoms with E-state index in [4.69, 9.17) is 20.9 Å². The lowest BCUT2D eigenvalue weighted by Crippen LogP contribution is -2.55. The average molecular weight is 432 g/mol. The first kappa shape index (κ1) is 22.5. The predicted octanol–water partition coefficient (Wildman–Crippen LogP) is -1.29. The molecule has 2 rings (SSSR count). The summed E-state index contributed by atoms with van der Waals surface area (Å²) in [6, 6.07) is -2.18. The first-order valence-electron chi connectivity index (χ1n) is 8.45. The monoisotopic (exact) mass is 432 g/mol.